The summed E-state index contributed by atoms with van der Waals surface area (Å²) in [6, 6.07) is 12.5. The molecule has 1 aromatic heterocycles. The number of benzene rings is 2. The molecular weight excluding hydrogens is 518 g/mol. The van der Waals surface area contributed by atoms with E-state index >= 15 is 0 Å². The van der Waals surface area contributed by atoms with Gasteiger partial charge in [0.2, 0.25) is 11.5 Å². The molecule has 0 fully saturated rings. The number of H-pyrrole nitrogens is 1. The van der Waals surface area contributed by atoms with Crippen molar-refractivity contribution in [3.63, 3.8) is 0 Å². The number of thioether (sulfide) groups is 1. The van der Waals surface area contributed by atoms with Gasteiger partial charge in [0.05, 0.1) is 18.1 Å². The van der Waals surface area contributed by atoms with E-state index in [1.807, 2.05) is 6.92 Å². The average molecular weight is 541 g/mol. The second-order valence-electron chi connectivity index (χ2n) is 7.90. The van der Waals surface area contributed by atoms with Crippen molar-refractivity contribution < 1.29 is 13.4 Å². The van der Waals surface area contributed by atoms with Gasteiger partial charge in [0.15, 0.2) is 5.17 Å². The first-order chi connectivity index (χ1) is 16.1. The third-order valence-electron chi connectivity index (χ3n) is 5.33. The second-order valence-corrected chi connectivity index (χ2v) is 14.4. The van der Waals surface area contributed by atoms with Crippen molar-refractivity contribution in [2.45, 2.75) is 31.0 Å². The van der Waals surface area contributed by atoms with E-state index in [0.29, 0.717) is 26.8 Å². The topological polar surface area (TPSA) is 94.6 Å². The minimum absolute atomic E-state index is 0.0598. The first kappa shape index (κ1) is 24.9. The first-order valence-electron chi connectivity index (χ1n) is 10.3. The number of carbonyl (C=O) groups excluding carboxylic acids is 1. The van der Waals surface area contributed by atoms with Crippen molar-refractivity contribution in [1.29, 1.82) is 0 Å². The molecule has 0 saturated heterocycles. The fraction of sp³-hybridized carbons (Fsp3) is 0.227. The van der Waals surface area contributed by atoms with E-state index in [1.54, 1.807) is 40.7 Å². The zero-order chi connectivity index (χ0) is 24.6. The van der Waals surface area contributed by atoms with E-state index in [1.165, 1.54) is 30.8 Å². The van der Waals surface area contributed by atoms with Crippen LogP contribution in [0.5, 0.6) is 0 Å². The maximum Gasteiger partial charge on any atom is 0.248 e. The minimum atomic E-state index is -3.32. The molecule has 0 radical (unpaired) electrons. The van der Waals surface area contributed by atoms with E-state index < -0.39 is 25.7 Å². The molecule has 2 heterocycles. The third kappa shape index (κ3) is 5.05. The molecule has 0 saturated carbocycles. The fourth-order valence-electron chi connectivity index (χ4n) is 3.85. The van der Waals surface area contributed by atoms with Gasteiger partial charge in [-0.05, 0) is 54.9 Å². The highest BCUT2D eigenvalue weighted by atomic mass is 35.5. The lowest BCUT2D eigenvalue weighted by molar-refractivity contribution is -0.117. The Kier molecular flexibility index (Phi) is 7.14. The Labute approximate surface area is 208 Å². The molecule has 3 atom stereocenters. The van der Waals surface area contributed by atoms with E-state index in [2.05, 4.69) is 23.7 Å². The van der Waals surface area contributed by atoms with Gasteiger partial charge in [-0.2, -0.15) is 0 Å². The van der Waals surface area contributed by atoms with E-state index in [9.17, 15) is 18.2 Å². The minimum Gasteiger partial charge on any atom is -0.319 e. The fourth-order valence-corrected chi connectivity index (χ4v) is 9.96. The summed E-state index contributed by atoms with van der Waals surface area (Å²) in [5.74, 6) is -0.811. The number of thiol groups is 1. The molecule has 0 bridgehead atoms. The van der Waals surface area contributed by atoms with Crippen molar-refractivity contribution in [3.8, 4) is 0 Å². The zero-order valence-corrected chi connectivity index (χ0v) is 21.9. The molecule has 3 aromatic rings. The number of halogens is 2. The van der Waals surface area contributed by atoms with Gasteiger partial charge in [0, 0.05) is 29.1 Å². The monoisotopic (exact) mass is 540 g/mol. The summed E-state index contributed by atoms with van der Waals surface area (Å²) in [5.41, 5.74) is 0.725. The van der Waals surface area contributed by atoms with Crippen LogP contribution in [0.15, 0.2) is 58.3 Å². The zero-order valence-electron chi connectivity index (χ0n) is 18.3. The predicted molar refractivity (Wildman–Crippen MR) is 144 cm³/mol. The number of nitrogens with zero attached hydrogens (tertiary/aromatic N) is 2. The summed E-state index contributed by atoms with van der Waals surface area (Å²) < 4.78 is 30.1. The molecule has 7 nitrogen and oxygen atoms in total. The van der Waals surface area contributed by atoms with Gasteiger partial charge in [0.25, 0.3) is 0 Å². The molecule has 1 aliphatic rings. The molecule has 1 aliphatic heterocycles. The molecule has 2 aromatic carbocycles. The molecule has 3 unspecified atom stereocenters. The van der Waals surface area contributed by atoms with Gasteiger partial charge in [-0.25, -0.2) is 4.39 Å². The Hall–Kier alpha value is -2.26. The largest absolute Gasteiger partial charge is 0.319 e. The van der Waals surface area contributed by atoms with Crippen LogP contribution in [-0.2, 0) is 21.1 Å². The molecule has 180 valence electrons. The number of hydrogen-bond donors (Lipinski definition) is 3. The van der Waals surface area contributed by atoms with Gasteiger partial charge >= 0.3 is 0 Å². The number of aliphatic imine (C=N–C) groups is 1. The molecule has 0 aliphatic carbocycles. The van der Waals surface area contributed by atoms with Crippen LogP contribution < -0.4 is 15.2 Å². The number of amides is 1. The molecule has 1 amide bonds. The number of rotatable bonds is 5. The van der Waals surface area contributed by atoms with Gasteiger partial charge in [-0.1, -0.05) is 41.6 Å². The van der Waals surface area contributed by atoms with Crippen LogP contribution in [0, 0.1) is 5.82 Å². The predicted octanol–water partition coefficient (Wildman–Crippen LogP) is 4.00. The standard InChI is InChI=1S/C22H23ClFN4O3PS2/c1-12-21(33-22(25-12)26-13(2)29)34(31,32)28(16-6-3-5-15(23)10-16)11-14-9-19(30)27-20-17(14)7-4-8-18(20)24/h3-10,12,21,34H,11,32H2,1-2H3,(H,27,30)(H,25,26,29). The lowest BCUT2D eigenvalue weighted by Gasteiger charge is -2.40. The Morgan fingerprint density at radius 2 is 2.06 bits per heavy atom. The molecule has 2 N–H and O–H groups in total. The summed E-state index contributed by atoms with van der Waals surface area (Å²) in [4.78, 5) is 30.8. The van der Waals surface area contributed by atoms with Gasteiger partial charge in [-0.3, -0.25) is 18.8 Å². The number of aromatic amines is 1. The van der Waals surface area contributed by atoms with Crippen LogP contribution in [0.1, 0.15) is 19.4 Å². The van der Waals surface area contributed by atoms with Crippen molar-refractivity contribution in [3.05, 3.63) is 75.3 Å². The third-order valence-corrected chi connectivity index (χ3v) is 12.6. The quantitative estimate of drug-likeness (QED) is 0.337. The van der Waals surface area contributed by atoms with E-state index in [0.717, 1.165) is 0 Å². The number of nitrogens with one attached hydrogen (secondary N) is 2. The maximum atomic E-state index is 14.4. The van der Waals surface area contributed by atoms with Crippen LogP contribution in [0.4, 0.5) is 10.1 Å². The van der Waals surface area contributed by atoms with Crippen LogP contribution >= 0.6 is 31.8 Å². The van der Waals surface area contributed by atoms with Crippen LogP contribution in [0.2, 0.25) is 5.02 Å². The molecule has 12 heteroatoms. The number of amidine groups is 1. The molecule has 0 spiro atoms. The van der Waals surface area contributed by atoms with Crippen molar-refractivity contribution in [2.24, 2.45) is 4.99 Å². The van der Waals surface area contributed by atoms with Gasteiger partial charge in [0.1, 0.15) is 10.4 Å². The highest BCUT2D eigenvalue weighted by Crippen LogP contribution is 2.43. The number of carbonyl (C=O) groups is 1. The normalized spacial score (nSPS) is 18.6. The highest BCUT2D eigenvalue weighted by Gasteiger charge is 2.39. The first-order valence-corrected chi connectivity index (χ1v) is 14.9. The SMILES string of the molecule is CC(=O)NC1=NC(C)C([SH](=O)(P)N(Cc2cc(=O)[nH]c3c(F)cccc23)c2cccc(Cl)c2)S1. The van der Waals surface area contributed by atoms with Crippen molar-refractivity contribution in [1.82, 2.24) is 10.3 Å². The maximum absolute atomic E-state index is 14.4. The summed E-state index contributed by atoms with van der Waals surface area (Å²) in [7, 11) is -0.842. The highest BCUT2D eigenvalue weighted by molar-refractivity contribution is 8.51. The second kappa shape index (κ2) is 9.77. The number of anilines is 1. The van der Waals surface area contributed by atoms with Crippen LogP contribution in [-0.4, -0.2) is 30.9 Å². The number of pyridine rings is 1. The number of para-hydroxylation sites is 1. The van der Waals surface area contributed by atoms with Crippen LogP contribution in [0.3, 0.4) is 0 Å². The van der Waals surface area contributed by atoms with Crippen LogP contribution in [0.25, 0.3) is 10.9 Å². The van der Waals surface area contributed by atoms with E-state index in [4.69, 9.17) is 11.6 Å². The summed E-state index contributed by atoms with van der Waals surface area (Å²) in [5, 5.41) is 4.04. The molecule has 34 heavy (non-hydrogen) atoms. The Bertz CT molecular complexity index is 1420. The van der Waals surface area contributed by atoms with E-state index in [-0.39, 0.29) is 24.0 Å². The number of aromatic nitrogens is 1. The van der Waals surface area contributed by atoms with Crippen molar-refractivity contribution in [2.75, 3.05) is 4.31 Å². The molecular formula is C22H23ClFN4O3PS2. The Morgan fingerprint density at radius 1 is 1.32 bits per heavy atom. The Balaban J connectivity index is 1.80. The number of fused-ring (bicyclic) bond motifs is 1. The summed E-state index contributed by atoms with van der Waals surface area (Å²) in [6.07, 6.45) is 0. The Morgan fingerprint density at radius 3 is 2.76 bits per heavy atom. The summed E-state index contributed by atoms with van der Waals surface area (Å²) >= 11 is 7.48. The summed E-state index contributed by atoms with van der Waals surface area (Å²) in [6.45, 7) is 3.28. The average Bonchev–Trinajstić information content (AvgIpc) is 3.12. The van der Waals surface area contributed by atoms with Gasteiger partial charge < -0.3 is 14.6 Å². The van der Waals surface area contributed by atoms with Gasteiger partial charge in [-0.15, -0.1) is 0 Å². The van der Waals surface area contributed by atoms with Crippen molar-refractivity contribution >= 4 is 69.2 Å². The lowest BCUT2D eigenvalue weighted by Crippen LogP contribution is -2.42. The molecule has 4 rings (SSSR count). The smallest absolute Gasteiger partial charge is 0.248 e. The number of hydrogen-bond acceptors (Lipinski definition) is 5. The lowest BCUT2D eigenvalue weighted by atomic mass is 10.1.